The summed E-state index contributed by atoms with van der Waals surface area (Å²) in [6.45, 7) is 0.00171. The van der Waals surface area contributed by atoms with Crippen LogP contribution in [0.25, 0.3) is 28.2 Å². The molecule has 4 rings (SSSR count). The molecule has 2 aromatic heterocycles. The molecule has 1 amide bonds. The van der Waals surface area contributed by atoms with Crippen molar-refractivity contribution in [2.45, 2.75) is 0 Å². The van der Waals surface area contributed by atoms with E-state index >= 15 is 0 Å². The molecule has 0 saturated carbocycles. The minimum Gasteiger partial charge on any atom is -0.479 e. The highest BCUT2D eigenvalue weighted by atomic mass is 32.2. The molecule has 0 spiro atoms. The molecule has 1 fully saturated rings. The lowest BCUT2D eigenvalue weighted by molar-refractivity contribution is -0.115. The summed E-state index contributed by atoms with van der Waals surface area (Å²) >= 11 is 6.20. The lowest BCUT2D eigenvalue weighted by atomic mass is 10.1. The minimum absolute atomic E-state index is 0.00171. The summed E-state index contributed by atoms with van der Waals surface area (Å²) in [5, 5.41) is 12.0. The SMILES string of the molecule is N#CCOc1ccc(-c2cncc3cc(/C=C4/SC(=S)NC4=O)oc23)cc1. The predicted molar refractivity (Wildman–Crippen MR) is 107 cm³/mol. The van der Waals surface area contributed by atoms with Gasteiger partial charge in [-0.05, 0) is 23.8 Å². The molecule has 3 heterocycles. The second kappa shape index (κ2) is 7.23. The fourth-order valence-electron chi connectivity index (χ4n) is 2.66. The van der Waals surface area contributed by atoms with E-state index in [0.717, 1.165) is 16.5 Å². The molecule has 0 bridgehead atoms. The number of carbonyl (C=O) groups is 1. The average molecular weight is 393 g/mol. The molecule has 27 heavy (non-hydrogen) atoms. The molecule has 1 N–H and O–H groups in total. The number of hydrogen-bond acceptors (Lipinski definition) is 7. The number of rotatable bonds is 4. The molecule has 0 radical (unpaired) electrons. The number of nitriles is 1. The molecule has 0 atom stereocenters. The van der Waals surface area contributed by atoms with E-state index in [2.05, 4.69) is 10.3 Å². The maximum atomic E-state index is 11.8. The van der Waals surface area contributed by atoms with Crippen LogP contribution in [0.5, 0.6) is 5.75 Å². The number of pyridine rings is 1. The van der Waals surface area contributed by atoms with E-state index < -0.39 is 0 Å². The molecule has 1 aliphatic heterocycles. The Bertz CT molecular complexity index is 1130. The normalized spacial score (nSPS) is 15.1. The summed E-state index contributed by atoms with van der Waals surface area (Å²) in [4.78, 5) is 16.6. The lowest BCUT2D eigenvalue weighted by Crippen LogP contribution is -2.17. The molecule has 132 valence electrons. The minimum atomic E-state index is -0.225. The Morgan fingerprint density at radius 2 is 2.15 bits per heavy atom. The number of aromatic nitrogens is 1. The third-order valence-electron chi connectivity index (χ3n) is 3.83. The number of benzene rings is 1. The number of fused-ring (bicyclic) bond motifs is 1. The second-order valence-electron chi connectivity index (χ2n) is 5.58. The van der Waals surface area contributed by atoms with Crippen LogP contribution >= 0.6 is 24.0 Å². The van der Waals surface area contributed by atoms with Crippen LogP contribution in [0.4, 0.5) is 0 Å². The highest BCUT2D eigenvalue weighted by Crippen LogP contribution is 2.33. The van der Waals surface area contributed by atoms with Gasteiger partial charge in [0.15, 0.2) is 6.61 Å². The van der Waals surface area contributed by atoms with E-state index in [1.54, 1.807) is 30.6 Å². The van der Waals surface area contributed by atoms with E-state index in [1.807, 2.05) is 24.3 Å². The summed E-state index contributed by atoms with van der Waals surface area (Å²) in [5.41, 5.74) is 2.40. The van der Waals surface area contributed by atoms with Crippen LogP contribution in [0.3, 0.4) is 0 Å². The van der Waals surface area contributed by atoms with Crippen molar-refractivity contribution in [1.29, 1.82) is 5.26 Å². The van der Waals surface area contributed by atoms with E-state index in [4.69, 9.17) is 26.6 Å². The molecule has 6 nitrogen and oxygen atoms in total. The van der Waals surface area contributed by atoms with Crippen molar-refractivity contribution >= 4 is 51.3 Å². The fraction of sp³-hybridized carbons (Fsp3) is 0.0526. The number of amides is 1. The Morgan fingerprint density at radius 1 is 1.33 bits per heavy atom. The molecule has 1 aromatic carbocycles. The van der Waals surface area contributed by atoms with Crippen molar-refractivity contribution in [3.05, 3.63) is 53.4 Å². The summed E-state index contributed by atoms with van der Waals surface area (Å²) in [7, 11) is 0. The first kappa shape index (κ1) is 17.3. The topological polar surface area (TPSA) is 88.1 Å². The lowest BCUT2D eigenvalue weighted by Gasteiger charge is -2.04. The van der Waals surface area contributed by atoms with Gasteiger partial charge in [0.25, 0.3) is 5.91 Å². The number of thiocarbonyl (C=S) groups is 1. The first-order valence-corrected chi connectivity index (χ1v) is 9.09. The van der Waals surface area contributed by atoms with Crippen LogP contribution in [-0.4, -0.2) is 21.8 Å². The smallest absolute Gasteiger partial charge is 0.263 e. The number of hydrogen-bond donors (Lipinski definition) is 1. The summed E-state index contributed by atoms with van der Waals surface area (Å²) < 4.78 is 11.7. The number of furan rings is 1. The van der Waals surface area contributed by atoms with Gasteiger partial charge in [-0.25, -0.2) is 0 Å². The van der Waals surface area contributed by atoms with E-state index in [0.29, 0.717) is 26.3 Å². The summed E-state index contributed by atoms with van der Waals surface area (Å²) in [5.74, 6) is 0.942. The first-order chi connectivity index (χ1) is 13.1. The zero-order valence-electron chi connectivity index (χ0n) is 13.8. The van der Waals surface area contributed by atoms with Crippen molar-refractivity contribution in [2.75, 3.05) is 6.61 Å². The largest absolute Gasteiger partial charge is 0.479 e. The Hall–Kier alpha value is -3.15. The fourth-order valence-corrected chi connectivity index (χ4v) is 3.68. The molecular weight excluding hydrogens is 382 g/mol. The zero-order valence-corrected chi connectivity index (χ0v) is 15.4. The van der Waals surface area contributed by atoms with Crippen molar-refractivity contribution in [3.63, 3.8) is 0 Å². The summed E-state index contributed by atoms with van der Waals surface area (Å²) in [6, 6.07) is 11.1. The quantitative estimate of drug-likeness (QED) is 0.531. The molecule has 1 saturated heterocycles. The molecule has 1 aliphatic rings. The monoisotopic (exact) mass is 393 g/mol. The van der Waals surface area contributed by atoms with Crippen LogP contribution in [-0.2, 0) is 4.79 Å². The molecular formula is C19H11N3O3S2. The Labute approximate surface area is 163 Å². The van der Waals surface area contributed by atoms with Crippen LogP contribution in [0.1, 0.15) is 5.76 Å². The van der Waals surface area contributed by atoms with Crippen molar-refractivity contribution < 1.29 is 13.9 Å². The van der Waals surface area contributed by atoms with Crippen molar-refractivity contribution in [2.24, 2.45) is 0 Å². The average Bonchev–Trinajstić information content (AvgIpc) is 3.22. The van der Waals surface area contributed by atoms with Gasteiger partial charge in [0, 0.05) is 29.4 Å². The Kier molecular flexibility index (Phi) is 4.62. The van der Waals surface area contributed by atoms with Crippen molar-refractivity contribution in [1.82, 2.24) is 10.3 Å². The van der Waals surface area contributed by atoms with Crippen LogP contribution in [0, 0.1) is 11.3 Å². The standard InChI is InChI=1S/C19H11N3O3S2/c20-5-6-24-13-3-1-11(2-4-13)15-10-21-9-12-7-14(25-17(12)15)8-16-18(23)22-19(26)27-16/h1-4,7-10H,6H2,(H,22,23,26)/b16-8+. The number of ether oxygens (including phenoxy) is 1. The van der Waals surface area contributed by atoms with Gasteiger partial charge in [-0.2, -0.15) is 5.26 Å². The van der Waals surface area contributed by atoms with E-state index in [-0.39, 0.29) is 12.5 Å². The highest BCUT2D eigenvalue weighted by molar-refractivity contribution is 8.26. The highest BCUT2D eigenvalue weighted by Gasteiger charge is 2.22. The van der Waals surface area contributed by atoms with E-state index in [1.165, 1.54) is 11.8 Å². The van der Waals surface area contributed by atoms with Crippen LogP contribution < -0.4 is 10.1 Å². The number of carbonyl (C=O) groups excluding carboxylic acids is 1. The molecule has 8 heteroatoms. The Morgan fingerprint density at radius 3 is 2.85 bits per heavy atom. The van der Waals surface area contributed by atoms with Gasteiger partial charge in [-0.15, -0.1) is 0 Å². The van der Waals surface area contributed by atoms with Crippen LogP contribution in [0.15, 0.2) is 52.0 Å². The first-order valence-electron chi connectivity index (χ1n) is 7.86. The number of nitrogens with one attached hydrogen (secondary N) is 1. The van der Waals surface area contributed by atoms with Gasteiger partial charge in [0.2, 0.25) is 0 Å². The number of nitrogens with zero attached hydrogens (tertiary/aromatic N) is 2. The van der Waals surface area contributed by atoms with Gasteiger partial charge in [0.05, 0.1) is 4.91 Å². The predicted octanol–water partition coefficient (Wildman–Crippen LogP) is 3.89. The summed E-state index contributed by atoms with van der Waals surface area (Å²) in [6.07, 6.45) is 5.10. The van der Waals surface area contributed by atoms with Gasteiger partial charge in [0.1, 0.15) is 27.5 Å². The van der Waals surface area contributed by atoms with Crippen LogP contribution in [0.2, 0.25) is 0 Å². The third kappa shape index (κ3) is 3.56. The van der Waals surface area contributed by atoms with Gasteiger partial charge in [-0.3, -0.25) is 9.78 Å². The molecule has 0 unspecified atom stereocenters. The van der Waals surface area contributed by atoms with Crippen molar-refractivity contribution in [3.8, 4) is 22.9 Å². The van der Waals surface area contributed by atoms with Gasteiger partial charge in [-0.1, -0.05) is 36.1 Å². The maximum Gasteiger partial charge on any atom is 0.263 e. The van der Waals surface area contributed by atoms with Gasteiger partial charge < -0.3 is 14.5 Å². The second-order valence-corrected chi connectivity index (χ2v) is 7.30. The maximum absolute atomic E-state index is 11.8. The Balaban J connectivity index is 1.69. The molecule has 0 aliphatic carbocycles. The van der Waals surface area contributed by atoms with E-state index in [9.17, 15) is 4.79 Å². The molecule has 3 aromatic rings. The zero-order chi connectivity index (χ0) is 18.8. The third-order valence-corrected chi connectivity index (χ3v) is 4.99. The number of thioether (sulfide) groups is 1. The van der Waals surface area contributed by atoms with Gasteiger partial charge >= 0.3 is 0 Å².